The van der Waals surface area contributed by atoms with E-state index in [4.69, 9.17) is 0 Å². The molecule has 33 heavy (non-hydrogen) atoms. The molecule has 2 heterocycles. The van der Waals surface area contributed by atoms with Crippen LogP contribution >= 0.6 is 11.8 Å². The Morgan fingerprint density at radius 2 is 1.88 bits per heavy atom. The number of anilines is 1. The lowest BCUT2D eigenvalue weighted by Gasteiger charge is -2.26. The summed E-state index contributed by atoms with van der Waals surface area (Å²) in [5.74, 6) is 0.807. The summed E-state index contributed by atoms with van der Waals surface area (Å²) in [6, 6.07) is 5.41. The van der Waals surface area contributed by atoms with Gasteiger partial charge in [-0.2, -0.15) is 13.2 Å². The van der Waals surface area contributed by atoms with Gasteiger partial charge in [-0.15, -0.1) is 10.2 Å². The summed E-state index contributed by atoms with van der Waals surface area (Å²) in [4.78, 5) is 14.7. The van der Waals surface area contributed by atoms with Crippen LogP contribution in [0, 0.1) is 0 Å². The Balaban J connectivity index is 1.51. The molecule has 0 radical (unpaired) electrons. The second-order valence-electron chi connectivity index (χ2n) is 8.79. The lowest BCUT2D eigenvalue weighted by molar-refractivity contribution is -0.137. The van der Waals surface area contributed by atoms with Gasteiger partial charge in [0.1, 0.15) is 0 Å². The first-order chi connectivity index (χ1) is 15.8. The van der Waals surface area contributed by atoms with Crippen molar-refractivity contribution in [2.75, 3.05) is 18.4 Å². The van der Waals surface area contributed by atoms with E-state index in [2.05, 4.69) is 20.1 Å². The molecule has 1 saturated heterocycles. The summed E-state index contributed by atoms with van der Waals surface area (Å²) in [6.07, 6.45) is 3.17. The minimum Gasteiger partial charge on any atom is -0.378 e. The van der Waals surface area contributed by atoms with Crippen LogP contribution in [-0.2, 0) is 17.5 Å². The van der Waals surface area contributed by atoms with Gasteiger partial charge >= 0.3 is 6.18 Å². The number of halogens is 3. The van der Waals surface area contributed by atoms with Gasteiger partial charge in [0.25, 0.3) is 0 Å². The topological polar surface area (TPSA) is 63.1 Å². The van der Waals surface area contributed by atoms with Crippen molar-refractivity contribution < 1.29 is 18.0 Å². The maximum Gasteiger partial charge on any atom is 0.416 e. The molecular formula is C23H30F3N5OS. The molecule has 2 aliphatic rings. The number of alkyl halides is 3. The van der Waals surface area contributed by atoms with Crippen LogP contribution in [0.1, 0.15) is 69.3 Å². The van der Waals surface area contributed by atoms with E-state index in [-0.39, 0.29) is 23.7 Å². The highest BCUT2D eigenvalue weighted by Gasteiger charge is 2.31. The average Bonchev–Trinajstić information content (AvgIpc) is 3.48. The van der Waals surface area contributed by atoms with Gasteiger partial charge in [-0.1, -0.05) is 37.1 Å². The van der Waals surface area contributed by atoms with Crippen LogP contribution in [0.2, 0.25) is 0 Å². The molecule has 4 rings (SSSR count). The number of carbonyl (C=O) groups is 1. The third-order valence-electron chi connectivity index (χ3n) is 6.36. The van der Waals surface area contributed by atoms with Crippen molar-refractivity contribution in [3.05, 3.63) is 35.7 Å². The Morgan fingerprint density at radius 1 is 1.15 bits per heavy atom. The Kier molecular flexibility index (Phi) is 7.51. The van der Waals surface area contributed by atoms with Crippen molar-refractivity contribution in [1.82, 2.24) is 19.7 Å². The zero-order valence-corrected chi connectivity index (χ0v) is 19.6. The standard InChI is InChI=1S/C23H30F3N5OS/c1-16(21(32)30-12-5-6-13-30)33-22-29-28-20(31(22)19-10-3-2-4-11-19)15-27-18-9-7-8-17(14-18)23(24,25)26/h7-9,14,16,19,27H,2-6,10-13,15H2,1H3. The maximum atomic E-state index is 13.1. The van der Waals surface area contributed by atoms with Gasteiger partial charge in [0.2, 0.25) is 5.91 Å². The van der Waals surface area contributed by atoms with Crippen LogP contribution in [0.25, 0.3) is 0 Å². The van der Waals surface area contributed by atoms with Crippen LogP contribution in [0.4, 0.5) is 18.9 Å². The van der Waals surface area contributed by atoms with Crippen molar-refractivity contribution >= 4 is 23.4 Å². The van der Waals surface area contributed by atoms with Crippen LogP contribution in [0.15, 0.2) is 29.4 Å². The molecule has 180 valence electrons. The van der Waals surface area contributed by atoms with E-state index in [0.717, 1.165) is 63.7 Å². The fourth-order valence-corrected chi connectivity index (χ4v) is 5.63. The minimum atomic E-state index is -4.39. The minimum absolute atomic E-state index is 0.124. The molecule has 1 amide bonds. The zero-order valence-electron chi connectivity index (χ0n) is 18.8. The maximum absolute atomic E-state index is 13.1. The number of benzene rings is 1. The molecule has 1 N–H and O–H groups in total. The number of hydrogen-bond donors (Lipinski definition) is 1. The van der Waals surface area contributed by atoms with Crippen molar-refractivity contribution in [3.8, 4) is 0 Å². The molecule has 2 fully saturated rings. The first kappa shape index (κ1) is 23.9. The van der Waals surface area contributed by atoms with Crippen molar-refractivity contribution in [3.63, 3.8) is 0 Å². The van der Waals surface area contributed by atoms with E-state index in [0.29, 0.717) is 16.7 Å². The number of likely N-dealkylation sites (tertiary alicyclic amines) is 1. The Hall–Kier alpha value is -2.23. The molecule has 1 aromatic carbocycles. The second-order valence-corrected chi connectivity index (χ2v) is 10.1. The third kappa shape index (κ3) is 5.83. The van der Waals surface area contributed by atoms with Gasteiger partial charge in [0.15, 0.2) is 11.0 Å². The number of rotatable bonds is 7. The molecule has 1 unspecified atom stereocenters. The smallest absolute Gasteiger partial charge is 0.378 e. The molecule has 0 bridgehead atoms. The summed E-state index contributed by atoms with van der Waals surface area (Å²) in [5.41, 5.74) is -0.304. The van der Waals surface area contributed by atoms with Gasteiger partial charge in [-0.05, 0) is 50.8 Å². The van der Waals surface area contributed by atoms with E-state index in [1.54, 1.807) is 6.07 Å². The highest BCUT2D eigenvalue weighted by Crippen LogP contribution is 2.35. The molecule has 0 spiro atoms. The summed E-state index contributed by atoms with van der Waals surface area (Å²) in [6.45, 7) is 3.79. The van der Waals surface area contributed by atoms with E-state index >= 15 is 0 Å². The summed E-state index contributed by atoms with van der Waals surface area (Å²) in [7, 11) is 0. The third-order valence-corrected chi connectivity index (χ3v) is 7.41. The zero-order chi connectivity index (χ0) is 23.4. The lowest BCUT2D eigenvalue weighted by Crippen LogP contribution is -2.34. The first-order valence-electron chi connectivity index (χ1n) is 11.6. The van der Waals surface area contributed by atoms with Gasteiger partial charge in [-0.25, -0.2) is 0 Å². The van der Waals surface area contributed by atoms with Crippen LogP contribution in [-0.4, -0.2) is 43.9 Å². The number of nitrogens with zero attached hydrogens (tertiary/aromatic N) is 4. The van der Waals surface area contributed by atoms with Crippen LogP contribution < -0.4 is 5.32 Å². The molecule has 1 aromatic heterocycles. The summed E-state index contributed by atoms with van der Waals surface area (Å²) in [5, 5.41) is 12.3. The fraction of sp³-hybridized carbons (Fsp3) is 0.609. The predicted octanol–water partition coefficient (Wildman–Crippen LogP) is 5.52. The Morgan fingerprint density at radius 3 is 2.58 bits per heavy atom. The largest absolute Gasteiger partial charge is 0.416 e. The highest BCUT2D eigenvalue weighted by atomic mass is 32.2. The average molecular weight is 482 g/mol. The molecule has 1 saturated carbocycles. The Labute approximate surface area is 196 Å². The number of aromatic nitrogens is 3. The number of hydrogen-bond acceptors (Lipinski definition) is 5. The van der Waals surface area contributed by atoms with E-state index in [9.17, 15) is 18.0 Å². The highest BCUT2D eigenvalue weighted by molar-refractivity contribution is 8.00. The summed E-state index contributed by atoms with van der Waals surface area (Å²) >= 11 is 1.43. The van der Waals surface area contributed by atoms with Crippen molar-refractivity contribution in [2.45, 2.75) is 81.0 Å². The lowest BCUT2D eigenvalue weighted by atomic mass is 9.95. The number of nitrogens with one attached hydrogen (secondary N) is 1. The molecule has 1 atom stereocenters. The van der Waals surface area contributed by atoms with E-state index < -0.39 is 11.7 Å². The fourth-order valence-electron chi connectivity index (χ4n) is 4.60. The molecule has 2 aromatic rings. The van der Waals surface area contributed by atoms with Gasteiger partial charge in [0.05, 0.1) is 17.4 Å². The van der Waals surface area contributed by atoms with E-state index in [1.807, 2.05) is 11.8 Å². The number of carbonyl (C=O) groups excluding carboxylic acids is 1. The first-order valence-corrected chi connectivity index (χ1v) is 12.5. The van der Waals surface area contributed by atoms with Gasteiger partial charge in [-0.3, -0.25) is 4.79 Å². The number of thioether (sulfide) groups is 1. The van der Waals surface area contributed by atoms with Crippen LogP contribution in [0.5, 0.6) is 0 Å². The Bertz CT molecular complexity index is 952. The predicted molar refractivity (Wildman–Crippen MR) is 122 cm³/mol. The van der Waals surface area contributed by atoms with Crippen molar-refractivity contribution in [1.29, 1.82) is 0 Å². The second kappa shape index (κ2) is 10.4. The SMILES string of the molecule is CC(Sc1nnc(CNc2cccc(C(F)(F)F)c2)n1C1CCCCC1)C(=O)N1CCCC1. The summed E-state index contributed by atoms with van der Waals surface area (Å²) < 4.78 is 41.3. The van der Waals surface area contributed by atoms with Gasteiger partial charge < -0.3 is 14.8 Å². The van der Waals surface area contributed by atoms with E-state index in [1.165, 1.54) is 24.2 Å². The van der Waals surface area contributed by atoms with Crippen LogP contribution in [0.3, 0.4) is 0 Å². The normalized spacial score (nSPS) is 18.5. The molecule has 6 nitrogen and oxygen atoms in total. The molecular weight excluding hydrogens is 451 g/mol. The van der Waals surface area contributed by atoms with Gasteiger partial charge in [0, 0.05) is 24.8 Å². The van der Waals surface area contributed by atoms with Crippen molar-refractivity contribution in [2.24, 2.45) is 0 Å². The monoisotopic (exact) mass is 481 g/mol. The quantitative estimate of drug-likeness (QED) is 0.528. The molecule has 1 aliphatic carbocycles. The molecule has 1 aliphatic heterocycles. The molecule has 10 heteroatoms. The number of amides is 1.